The summed E-state index contributed by atoms with van der Waals surface area (Å²) in [6, 6.07) is 10.5. The van der Waals surface area contributed by atoms with Crippen molar-refractivity contribution in [3.05, 3.63) is 41.2 Å². The smallest absolute Gasteiger partial charge is 0.0291 e. The maximum absolute atomic E-state index is 4.18. The molecule has 0 spiro atoms. The second-order valence-corrected chi connectivity index (χ2v) is 3.72. The number of rotatable bonds is 3. The van der Waals surface area contributed by atoms with Crippen molar-refractivity contribution >= 4 is 0 Å². The van der Waals surface area contributed by atoms with Gasteiger partial charge in [-0.2, -0.15) is 7.05 Å². The molecule has 0 amide bonds. The third-order valence-electron chi connectivity index (χ3n) is 2.11. The molecule has 0 aliphatic heterocycles. The number of hydrogen-bond acceptors (Lipinski definition) is 0. The first-order valence-corrected chi connectivity index (χ1v) is 4.28. The Hall–Kier alpha value is -0.820. The van der Waals surface area contributed by atoms with E-state index in [0.29, 0.717) is 0 Å². The number of likely N-dealkylation sites (N-methyl/N-ethyl adjacent to an activating group) is 1. The first-order chi connectivity index (χ1) is 5.67. The van der Waals surface area contributed by atoms with E-state index in [1.54, 1.807) is 0 Å². The Morgan fingerprint density at radius 1 is 1.17 bits per heavy atom. The predicted molar refractivity (Wildman–Crippen MR) is 53.6 cm³/mol. The summed E-state index contributed by atoms with van der Waals surface area (Å²) in [6.45, 7) is 5.32. The van der Waals surface area contributed by atoms with E-state index in [-0.39, 0.29) is 5.41 Å². The van der Waals surface area contributed by atoms with Crippen molar-refractivity contribution in [2.24, 2.45) is 0 Å². The van der Waals surface area contributed by atoms with Crippen LogP contribution in [0.5, 0.6) is 0 Å². The van der Waals surface area contributed by atoms with Crippen LogP contribution in [0.3, 0.4) is 0 Å². The lowest BCUT2D eigenvalue weighted by molar-refractivity contribution is 0.564. The standard InChI is InChI=1S/C11H16N/c1-11(2,9-12-3)10-7-5-4-6-8-10/h4-8H,9H2,1-3H3/q-1. The lowest BCUT2D eigenvalue weighted by Crippen LogP contribution is -2.21. The van der Waals surface area contributed by atoms with Crippen LogP contribution in [0.4, 0.5) is 0 Å². The van der Waals surface area contributed by atoms with Crippen LogP contribution in [-0.4, -0.2) is 13.6 Å². The molecule has 0 aliphatic rings. The van der Waals surface area contributed by atoms with E-state index >= 15 is 0 Å². The molecule has 0 saturated heterocycles. The summed E-state index contributed by atoms with van der Waals surface area (Å²) in [4.78, 5) is 0. The van der Waals surface area contributed by atoms with Gasteiger partial charge in [-0.25, -0.2) is 0 Å². The van der Waals surface area contributed by atoms with Crippen molar-refractivity contribution < 1.29 is 0 Å². The highest BCUT2D eigenvalue weighted by atomic mass is 14.8. The van der Waals surface area contributed by atoms with Gasteiger partial charge in [-0.15, -0.1) is 6.54 Å². The van der Waals surface area contributed by atoms with E-state index in [2.05, 4.69) is 43.4 Å². The molecule has 0 fully saturated rings. The molecule has 0 radical (unpaired) electrons. The second-order valence-electron chi connectivity index (χ2n) is 3.72. The average Bonchev–Trinajstić information content (AvgIpc) is 2.06. The largest absolute Gasteiger partial charge is 0.664 e. The lowest BCUT2D eigenvalue weighted by atomic mass is 9.85. The molecule has 1 aromatic carbocycles. The van der Waals surface area contributed by atoms with Gasteiger partial charge in [0.25, 0.3) is 0 Å². The summed E-state index contributed by atoms with van der Waals surface area (Å²) >= 11 is 0. The van der Waals surface area contributed by atoms with Gasteiger partial charge in [0.15, 0.2) is 0 Å². The molecule has 0 bridgehead atoms. The quantitative estimate of drug-likeness (QED) is 0.648. The Balaban J connectivity index is 2.82. The minimum absolute atomic E-state index is 0.177. The maximum Gasteiger partial charge on any atom is -0.0291 e. The molecule has 66 valence electrons. The van der Waals surface area contributed by atoms with Crippen molar-refractivity contribution in [2.75, 3.05) is 13.6 Å². The SMILES string of the molecule is C[N-]CC(C)(C)c1ccccc1. The van der Waals surface area contributed by atoms with Crippen LogP contribution in [-0.2, 0) is 5.41 Å². The third-order valence-corrected chi connectivity index (χ3v) is 2.11. The zero-order valence-electron chi connectivity index (χ0n) is 8.04. The minimum Gasteiger partial charge on any atom is -0.664 e. The Labute approximate surface area is 74.8 Å². The Bertz CT molecular complexity index is 226. The van der Waals surface area contributed by atoms with Gasteiger partial charge < -0.3 is 5.32 Å². The van der Waals surface area contributed by atoms with Crippen LogP contribution in [0.25, 0.3) is 5.32 Å². The molecule has 12 heavy (non-hydrogen) atoms. The lowest BCUT2D eigenvalue weighted by Gasteiger charge is -2.31. The highest BCUT2D eigenvalue weighted by molar-refractivity contribution is 5.25. The highest BCUT2D eigenvalue weighted by Gasteiger charge is 2.14. The van der Waals surface area contributed by atoms with Crippen LogP contribution in [0.1, 0.15) is 19.4 Å². The maximum atomic E-state index is 4.18. The first kappa shape index (κ1) is 9.27. The van der Waals surface area contributed by atoms with E-state index in [4.69, 9.17) is 0 Å². The molecule has 0 N–H and O–H groups in total. The van der Waals surface area contributed by atoms with Crippen molar-refractivity contribution in [1.82, 2.24) is 0 Å². The van der Waals surface area contributed by atoms with Crippen molar-refractivity contribution in [3.8, 4) is 0 Å². The summed E-state index contributed by atoms with van der Waals surface area (Å²) in [5.41, 5.74) is 1.53. The highest BCUT2D eigenvalue weighted by Crippen LogP contribution is 2.23. The van der Waals surface area contributed by atoms with Crippen LogP contribution in [0.2, 0.25) is 0 Å². The fourth-order valence-electron chi connectivity index (χ4n) is 1.38. The second kappa shape index (κ2) is 3.72. The van der Waals surface area contributed by atoms with Gasteiger partial charge >= 0.3 is 0 Å². The Morgan fingerprint density at radius 2 is 1.75 bits per heavy atom. The predicted octanol–water partition coefficient (Wildman–Crippen LogP) is 2.97. The molecule has 1 nitrogen and oxygen atoms in total. The van der Waals surface area contributed by atoms with Gasteiger partial charge in [0.2, 0.25) is 0 Å². The van der Waals surface area contributed by atoms with E-state index < -0.39 is 0 Å². The summed E-state index contributed by atoms with van der Waals surface area (Å²) < 4.78 is 0. The van der Waals surface area contributed by atoms with Gasteiger partial charge in [0.1, 0.15) is 0 Å². The van der Waals surface area contributed by atoms with Crippen LogP contribution < -0.4 is 0 Å². The van der Waals surface area contributed by atoms with Crippen LogP contribution in [0, 0.1) is 0 Å². The van der Waals surface area contributed by atoms with Gasteiger partial charge in [-0.1, -0.05) is 44.2 Å². The fraction of sp³-hybridized carbons (Fsp3) is 0.455. The van der Waals surface area contributed by atoms with E-state index in [1.165, 1.54) is 5.56 Å². The van der Waals surface area contributed by atoms with Crippen molar-refractivity contribution in [3.63, 3.8) is 0 Å². The van der Waals surface area contributed by atoms with Gasteiger partial charge in [0.05, 0.1) is 0 Å². The Kier molecular flexibility index (Phi) is 2.88. The molecule has 0 aromatic heterocycles. The third kappa shape index (κ3) is 2.08. The van der Waals surface area contributed by atoms with E-state index in [9.17, 15) is 0 Å². The molecule has 0 atom stereocenters. The van der Waals surface area contributed by atoms with Crippen LogP contribution >= 0.6 is 0 Å². The molecule has 0 unspecified atom stereocenters. The topological polar surface area (TPSA) is 14.1 Å². The van der Waals surface area contributed by atoms with Crippen LogP contribution in [0.15, 0.2) is 30.3 Å². The molecule has 1 rings (SSSR count). The first-order valence-electron chi connectivity index (χ1n) is 4.28. The monoisotopic (exact) mass is 162 g/mol. The summed E-state index contributed by atoms with van der Waals surface area (Å²) in [7, 11) is 1.87. The molecular formula is C11H16N-. The van der Waals surface area contributed by atoms with Crippen molar-refractivity contribution in [2.45, 2.75) is 19.3 Å². The number of benzene rings is 1. The molecular weight excluding hydrogens is 146 g/mol. The summed E-state index contributed by atoms with van der Waals surface area (Å²) in [5.74, 6) is 0. The zero-order valence-corrected chi connectivity index (χ0v) is 8.04. The van der Waals surface area contributed by atoms with Gasteiger partial charge in [-0.3, -0.25) is 0 Å². The van der Waals surface area contributed by atoms with Gasteiger partial charge in [0, 0.05) is 0 Å². The molecule has 0 aliphatic carbocycles. The van der Waals surface area contributed by atoms with Gasteiger partial charge in [-0.05, 0) is 11.0 Å². The molecule has 0 saturated carbocycles. The number of hydrogen-bond donors (Lipinski definition) is 0. The van der Waals surface area contributed by atoms with E-state index in [1.807, 2.05) is 13.1 Å². The fourth-order valence-corrected chi connectivity index (χ4v) is 1.38. The average molecular weight is 162 g/mol. The minimum atomic E-state index is 0.177. The van der Waals surface area contributed by atoms with Crippen molar-refractivity contribution in [1.29, 1.82) is 0 Å². The Morgan fingerprint density at radius 3 is 2.25 bits per heavy atom. The molecule has 0 heterocycles. The zero-order chi connectivity index (χ0) is 9.03. The summed E-state index contributed by atoms with van der Waals surface area (Å²) in [5, 5.41) is 4.18. The molecule has 1 heteroatoms. The van der Waals surface area contributed by atoms with E-state index in [0.717, 1.165) is 6.54 Å². The number of nitrogens with zero attached hydrogens (tertiary/aromatic N) is 1. The normalized spacial score (nSPS) is 11.6. The molecule has 1 aromatic rings. The summed E-state index contributed by atoms with van der Waals surface area (Å²) in [6.07, 6.45) is 0.